The van der Waals surface area contributed by atoms with Gasteiger partial charge in [0.25, 0.3) is 11.8 Å². The van der Waals surface area contributed by atoms with E-state index in [2.05, 4.69) is 20.6 Å². The fourth-order valence-corrected chi connectivity index (χ4v) is 3.11. The lowest BCUT2D eigenvalue weighted by atomic mass is 9.97. The number of amides is 2. The zero-order valence-corrected chi connectivity index (χ0v) is 17.8. The number of hydrogen-bond donors (Lipinski definition) is 4. The lowest BCUT2D eigenvalue weighted by Gasteiger charge is -2.13. The number of carbonyl (C=O) groups excluding carboxylic acids is 2. The van der Waals surface area contributed by atoms with Crippen molar-refractivity contribution in [3.05, 3.63) is 95.6 Å². The molecule has 0 aliphatic rings. The molecule has 8 nitrogen and oxygen atoms in total. The number of nitrogens with two attached hydrogens (primary N) is 2. The summed E-state index contributed by atoms with van der Waals surface area (Å²) in [5.74, 6) is 0.0799. The molecule has 162 valence electrons. The van der Waals surface area contributed by atoms with Gasteiger partial charge in [-0.3, -0.25) is 9.59 Å². The number of nitrogens with zero attached hydrogens (tertiary/aromatic N) is 2. The van der Waals surface area contributed by atoms with Crippen molar-refractivity contribution >= 4 is 34.6 Å². The lowest BCUT2D eigenvalue weighted by Crippen LogP contribution is -2.18. The van der Waals surface area contributed by atoms with Crippen molar-refractivity contribution < 1.29 is 9.59 Å². The third kappa shape index (κ3) is 5.37. The Labute approximate surface area is 186 Å². The van der Waals surface area contributed by atoms with Gasteiger partial charge < -0.3 is 22.1 Å². The molecule has 0 bridgehead atoms. The third-order valence-corrected chi connectivity index (χ3v) is 4.52. The number of pyridine rings is 2. The highest BCUT2D eigenvalue weighted by atomic mass is 16.2. The summed E-state index contributed by atoms with van der Waals surface area (Å²) >= 11 is 0. The van der Waals surface area contributed by atoms with Gasteiger partial charge in [-0.05, 0) is 49.2 Å². The van der Waals surface area contributed by atoms with Crippen molar-refractivity contribution in [3.8, 4) is 0 Å². The summed E-state index contributed by atoms with van der Waals surface area (Å²) in [4.78, 5) is 33.8. The van der Waals surface area contributed by atoms with Gasteiger partial charge in [0.05, 0.1) is 11.1 Å². The molecule has 0 radical (unpaired) electrons. The van der Waals surface area contributed by atoms with Gasteiger partial charge in [0.2, 0.25) is 0 Å². The van der Waals surface area contributed by atoms with Gasteiger partial charge in [0, 0.05) is 23.8 Å². The van der Waals surface area contributed by atoms with Crippen LogP contribution in [0.25, 0.3) is 11.1 Å². The van der Waals surface area contributed by atoms with E-state index in [1.807, 2.05) is 0 Å². The summed E-state index contributed by atoms with van der Waals surface area (Å²) in [7, 11) is 0. The molecule has 0 aliphatic heterocycles. The second-order valence-corrected chi connectivity index (χ2v) is 7.03. The molecule has 0 aliphatic carbocycles. The second-order valence-electron chi connectivity index (χ2n) is 7.03. The van der Waals surface area contributed by atoms with Crippen LogP contribution in [0.5, 0.6) is 0 Å². The molecule has 6 N–H and O–H groups in total. The Morgan fingerprint density at radius 2 is 1.03 bits per heavy atom. The fourth-order valence-electron chi connectivity index (χ4n) is 3.11. The first-order valence-corrected chi connectivity index (χ1v) is 9.85. The molecule has 2 heterocycles. The van der Waals surface area contributed by atoms with E-state index in [-0.39, 0.29) is 11.8 Å². The molecule has 0 atom stereocenters. The molecule has 0 unspecified atom stereocenters. The molecule has 2 aromatic heterocycles. The van der Waals surface area contributed by atoms with Crippen LogP contribution in [0.1, 0.15) is 25.0 Å². The maximum atomic E-state index is 12.8. The maximum Gasteiger partial charge on any atom is 0.259 e. The minimum Gasteiger partial charge on any atom is -0.402 e. The number of hydrogen-bond acceptors (Lipinski definition) is 6. The monoisotopic (exact) mass is 428 g/mol. The van der Waals surface area contributed by atoms with Crippen LogP contribution in [0.15, 0.2) is 84.5 Å². The van der Waals surface area contributed by atoms with Gasteiger partial charge in [-0.15, -0.1) is 0 Å². The molecule has 0 fully saturated rings. The zero-order valence-electron chi connectivity index (χ0n) is 17.8. The second kappa shape index (κ2) is 10.0. The Hall–Kier alpha value is -4.46. The Balaban J connectivity index is 1.85. The van der Waals surface area contributed by atoms with E-state index in [9.17, 15) is 9.59 Å². The first-order valence-electron chi connectivity index (χ1n) is 9.85. The van der Waals surface area contributed by atoms with Crippen LogP contribution in [-0.4, -0.2) is 21.8 Å². The largest absolute Gasteiger partial charge is 0.402 e. The van der Waals surface area contributed by atoms with Gasteiger partial charge in [0.1, 0.15) is 11.6 Å². The average Bonchev–Trinajstić information content (AvgIpc) is 2.76. The lowest BCUT2D eigenvalue weighted by molar-refractivity contribution is -0.112. The topological polar surface area (TPSA) is 136 Å². The predicted octanol–water partition coefficient (Wildman–Crippen LogP) is 3.13. The van der Waals surface area contributed by atoms with Crippen LogP contribution >= 0.6 is 0 Å². The van der Waals surface area contributed by atoms with Crippen LogP contribution in [0.2, 0.25) is 0 Å². The van der Waals surface area contributed by atoms with E-state index in [0.717, 1.165) is 0 Å². The van der Waals surface area contributed by atoms with Crippen LogP contribution in [-0.2, 0) is 9.59 Å². The summed E-state index contributed by atoms with van der Waals surface area (Å²) in [6, 6.07) is 17.3. The summed E-state index contributed by atoms with van der Waals surface area (Å²) in [5.41, 5.74) is 14.5. The summed E-state index contributed by atoms with van der Waals surface area (Å²) < 4.78 is 0. The van der Waals surface area contributed by atoms with E-state index in [1.54, 1.807) is 86.9 Å². The summed E-state index contributed by atoms with van der Waals surface area (Å²) in [6.07, 6.45) is 3.17. The van der Waals surface area contributed by atoms with Gasteiger partial charge >= 0.3 is 0 Å². The van der Waals surface area contributed by atoms with Gasteiger partial charge in [0.15, 0.2) is 0 Å². The molecule has 3 aromatic rings. The van der Waals surface area contributed by atoms with E-state index in [4.69, 9.17) is 11.5 Å². The molecule has 1 aromatic carbocycles. The third-order valence-electron chi connectivity index (χ3n) is 4.52. The number of carbonyl (C=O) groups is 2. The maximum absolute atomic E-state index is 12.8. The van der Waals surface area contributed by atoms with Crippen molar-refractivity contribution in [2.24, 2.45) is 11.5 Å². The quantitative estimate of drug-likeness (QED) is 0.445. The smallest absolute Gasteiger partial charge is 0.259 e. The first kappa shape index (κ1) is 22.2. The van der Waals surface area contributed by atoms with Crippen LogP contribution in [0.4, 0.5) is 11.6 Å². The summed E-state index contributed by atoms with van der Waals surface area (Å²) in [5, 5.41) is 5.47. The van der Waals surface area contributed by atoms with Crippen molar-refractivity contribution in [1.29, 1.82) is 0 Å². The van der Waals surface area contributed by atoms with Crippen molar-refractivity contribution in [3.63, 3.8) is 0 Å². The highest BCUT2D eigenvalue weighted by Crippen LogP contribution is 2.24. The number of benzene rings is 1. The van der Waals surface area contributed by atoms with Gasteiger partial charge in [-0.25, -0.2) is 9.97 Å². The minimum atomic E-state index is -0.380. The Morgan fingerprint density at radius 3 is 1.31 bits per heavy atom. The highest BCUT2D eigenvalue weighted by Gasteiger charge is 2.18. The van der Waals surface area contributed by atoms with Crippen LogP contribution < -0.4 is 22.1 Å². The number of rotatable bonds is 6. The standard InChI is InChI=1S/C24H24N6O2/c1-15(25)21(23(31)29-19-7-3-5-13-27-19)17-9-11-18(12-10-17)22(16(2)26)24(32)30-20-8-4-6-14-28-20/h3-14H,25-26H2,1-2H3,(H,27,29,31)(H,28,30,32)/b21-15-,22-16-. The number of aromatic nitrogens is 2. The first-order chi connectivity index (χ1) is 15.4. The molecule has 32 heavy (non-hydrogen) atoms. The van der Waals surface area contributed by atoms with Crippen molar-refractivity contribution in [1.82, 2.24) is 9.97 Å². The van der Waals surface area contributed by atoms with Crippen molar-refractivity contribution in [2.45, 2.75) is 13.8 Å². The molecule has 0 saturated carbocycles. The SMILES string of the molecule is C/C(N)=C(/C(=O)Nc1ccccn1)c1ccc(/C(C(=O)Nc2ccccn2)=C(\C)N)cc1. The Kier molecular flexibility index (Phi) is 6.97. The highest BCUT2D eigenvalue weighted by molar-refractivity contribution is 6.27. The molecule has 2 amide bonds. The minimum absolute atomic E-state index is 0.315. The number of anilines is 2. The molecular formula is C24H24N6O2. The fraction of sp³-hybridized carbons (Fsp3) is 0.0833. The van der Waals surface area contributed by atoms with E-state index >= 15 is 0 Å². The zero-order chi connectivity index (χ0) is 23.1. The van der Waals surface area contributed by atoms with Gasteiger partial charge in [-0.2, -0.15) is 0 Å². The van der Waals surface area contributed by atoms with E-state index in [0.29, 0.717) is 45.3 Å². The van der Waals surface area contributed by atoms with E-state index in [1.165, 1.54) is 0 Å². The predicted molar refractivity (Wildman–Crippen MR) is 126 cm³/mol. The molecule has 0 saturated heterocycles. The van der Waals surface area contributed by atoms with Crippen LogP contribution in [0, 0.1) is 0 Å². The molecule has 0 spiro atoms. The Bertz CT molecular complexity index is 1070. The Morgan fingerprint density at radius 1 is 0.656 bits per heavy atom. The summed E-state index contributed by atoms with van der Waals surface area (Å²) in [6.45, 7) is 3.30. The molecule has 3 rings (SSSR count). The average molecular weight is 428 g/mol. The van der Waals surface area contributed by atoms with Gasteiger partial charge in [-0.1, -0.05) is 36.4 Å². The molecular weight excluding hydrogens is 404 g/mol. The number of allylic oxidation sites excluding steroid dienone is 2. The number of nitrogens with one attached hydrogen (secondary N) is 2. The molecule has 8 heteroatoms. The van der Waals surface area contributed by atoms with E-state index < -0.39 is 0 Å². The normalized spacial score (nSPS) is 12.3. The van der Waals surface area contributed by atoms with Crippen molar-refractivity contribution in [2.75, 3.05) is 10.6 Å². The van der Waals surface area contributed by atoms with Crippen LogP contribution in [0.3, 0.4) is 0 Å².